The summed E-state index contributed by atoms with van der Waals surface area (Å²) in [5.74, 6) is 0. The van der Waals surface area contributed by atoms with Gasteiger partial charge in [-0.15, -0.1) is 0 Å². The lowest BCUT2D eigenvalue weighted by molar-refractivity contribution is -0.856. The molecule has 1 heterocycles. The SMILES string of the molecule is C[NH+](C)CCN1CCc2ccccc21. The predicted octanol–water partition coefficient (Wildman–Crippen LogP) is 0.194. The molecule has 0 unspecified atom stereocenters. The lowest BCUT2D eigenvalue weighted by Gasteiger charge is -2.19. The highest BCUT2D eigenvalue weighted by Gasteiger charge is 2.17. The number of hydrogen-bond donors (Lipinski definition) is 1. The van der Waals surface area contributed by atoms with Crippen LogP contribution in [0, 0.1) is 0 Å². The summed E-state index contributed by atoms with van der Waals surface area (Å²) in [7, 11) is 4.42. The highest BCUT2D eigenvalue weighted by Crippen LogP contribution is 2.26. The van der Waals surface area contributed by atoms with Crippen molar-refractivity contribution in [3.63, 3.8) is 0 Å². The lowest BCUT2D eigenvalue weighted by atomic mass is 10.2. The second-order valence-electron chi connectivity index (χ2n) is 4.32. The van der Waals surface area contributed by atoms with Crippen LogP contribution in [0.15, 0.2) is 24.3 Å². The number of rotatable bonds is 3. The third-order valence-electron chi connectivity index (χ3n) is 2.87. The quantitative estimate of drug-likeness (QED) is 0.717. The molecule has 0 saturated carbocycles. The summed E-state index contributed by atoms with van der Waals surface area (Å²) in [5, 5.41) is 0. The van der Waals surface area contributed by atoms with E-state index in [4.69, 9.17) is 0 Å². The van der Waals surface area contributed by atoms with E-state index in [1.807, 2.05) is 0 Å². The van der Waals surface area contributed by atoms with Gasteiger partial charge in [-0.3, -0.25) is 0 Å². The molecule has 2 nitrogen and oxygen atoms in total. The Kier molecular flexibility index (Phi) is 2.73. The van der Waals surface area contributed by atoms with Gasteiger partial charge in [-0.1, -0.05) is 18.2 Å². The first-order valence-electron chi connectivity index (χ1n) is 5.39. The van der Waals surface area contributed by atoms with Crippen LogP contribution in [0.5, 0.6) is 0 Å². The van der Waals surface area contributed by atoms with Crippen LogP contribution in [0.2, 0.25) is 0 Å². The minimum Gasteiger partial charge on any atom is -0.365 e. The highest BCUT2D eigenvalue weighted by atomic mass is 15.2. The molecule has 1 aliphatic rings. The van der Waals surface area contributed by atoms with Gasteiger partial charge in [0.2, 0.25) is 0 Å². The maximum absolute atomic E-state index is 2.50. The molecule has 0 aliphatic carbocycles. The fourth-order valence-corrected chi connectivity index (χ4v) is 2.00. The molecular formula is C12H19N2+. The van der Waals surface area contributed by atoms with E-state index in [-0.39, 0.29) is 0 Å². The van der Waals surface area contributed by atoms with Crippen LogP contribution in [-0.2, 0) is 6.42 Å². The number of anilines is 1. The Labute approximate surface area is 86.1 Å². The molecule has 1 N–H and O–H groups in total. The van der Waals surface area contributed by atoms with E-state index in [0.717, 1.165) is 0 Å². The van der Waals surface area contributed by atoms with Gasteiger partial charge >= 0.3 is 0 Å². The second kappa shape index (κ2) is 4.01. The van der Waals surface area contributed by atoms with Gasteiger partial charge < -0.3 is 9.80 Å². The van der Waals surface area contributed by atoms with E-state index in [0.29, 0.717) is 0 Å². The molecular weight excluding hydrogens is 172 g/mol. The molecule has 2 rings (SSSR count). The molecule has 0 saturated heterocycles. The Morgan fingerprint density at radius 2 is 2.07 bits per heavy atom. The molecule has 0 fully saturated rings. The van der Waals surface area contributed by atoms with Crippen molar-refractivity contribution >= 4 is 5.69 Å². The number of benzene rings is 1. The largest absolute Gasteiger partial charge is 0.365 e. The van der Waals surface area contributed by atoms with Gasteiger partial charge in [-0.25, -0.2) is 0 Å². The van der Waals surface area contributed by atoms with Crippen molar-refractivity contribution in [2.75, 3.05) is 38.6 Å². The Balaban J connectivity index is 2.03. The van der Waals surface area contributed by atoms with Gasteiger partial charge in [0, 0.05) is 12.2 Å². The molecule has 0 radical (unpaired) electrons. The van der Waals surface area contributed by atoms with E-state index in [2.05, 4.69) is 43.3 Å². The first-order chi connectivity index (χ1) is 6.77. The van der Waals surface area contributed by atoms with Crippen LogP contribution in [0.3, 0.4) is 0 Å². The van der Waals surface area contributed by atoms with Gasteiger partial charge in [0.1, 0.15) is 0 Å². The fraction of sp³-hybridized carbons (Fsp3) is 0.500. The minimum atomic E-state index is 1.18. The molecule has 2 heteroatoms. The Morgan fingerprint density at radius 3 is 2.86 bits per heavy atom. The molecule has 76 valence electrons. The van der Waals surface area contributed by atoms with Crippen LogP contribution in [0.4, 0.5) is 5.69 Å². The third kappa shape index (κ3) is 1.90. The van der Waals surface area contributed by atoms with Crippen molar-refractivity contribution in [1.82, 2.24) is 0 Å². The Morgan fingerprint density at radius 1 is 1.29 bits per heavy atom. The number of nitrogens with one attached hydrogen (secondary N) is 1. The van der Waals surface area contributed by atoms with Crippen LogP contribution in [0.1, 0.15) is 5.56 Å². The first kappa shape index (κ1) is 9.53. The van der Waals surface area contributed by atoms with E-state index in [1.165, 1.54) is 42.2 Å². The van der Waals surface area contributed by atoms with Crippen molar-refractivity contribution in [2.45, 2.75) is 6.42 Å². The summed E-state index contributed by atoms with van der Waals surface area (Å²) < 4.78 is 0. The number of quaternary nitrogens is 1. The number of para-hydroxylation sites is 1. The highest BCUT2D eigenvalue weighted by molar-refractivity contribution is 5.57. The number of nitrogens with zero attached hydrogens (tertiary/aromatic N) is 1. The predicted molar refractivity (Wildman–Crippen MR) is 60.0 cm³/mol. The molecule has 0 aromatic heterocycles. The van der Waals surface area contributed by atoms with Crippen LogP contribution in [0.25, 0.3) is 0 Å². The topological polar surface area (TPSA) is 7.68 Å². The van der Waals surface area contributed by atoms with Crippen molar-refractivity contribution in [2.24, 2.45) is 0 Å². The smallest absolute Gasteiger partial charge is 0.0944 e. The first-order valence-corrected chi connectivity index (χ1v) is 5.39. The van der Waals surface area contributed by atoms with E-state index in [9.17, 15) is 0 Å². The summed E-state index contributed by atoms with van der Waals surface area (Å²) >= 11 is 0. The zero-order valence-electron chi connectivity index (χ0n) is 9.09. The molecule has 0 amide bonds. The number of hydrogen-bond acceptors (Lipinski definition) is 1. The van der Waals surface area contributed by atoms with Crippen LogP contribution in [-0.4, -0.2) is 33.7 Å². The molecule has 1 aromatic rings. The fourth-order valence-electron chi connectivity index (χ4n) is 2.00. The van der Waals surface area contributed by atoms with Gasteiger partial charge in [-0.05, 0) is 18.1 Å². The van der Waals surface area contributed by atoms with Gasteiger partial charge in [0.15, 0.2) is 0 Å². The Hall–Kier alpha value is -1.02. The summed E-state index contributed by atoms with van der Waals surface area (Å²) in [4.78, 5) is 4.02. The minimum absolute atomic E-state index is 1.18. The second-order valence-corrected chi connectivity index (χ2v) is 4.32. The summed E-state index contributed by atoms with van der Waals surface area (Å²) in [6.07, 6.45) is 1.22. The maximum atomic E-state index is 2.50. The van der Waals surface area contributed by atoms with Crippen LogP contribution < -0.4 is 9.80 Å². The summed E-state index contributed by atoms with van der Waals surface area (Å²) in [6, 6.07) is 8.77. The van der Waals surface area contributed by atoms with Crippen molar-refractivity contribution in [3.8, 4) is 0 Å². The van der Waals surface area contributed by atoms with Crippen molar-refractivity contribution < 1.29 is 4.90 Å². The average Bonchev–Trinajstić information content (AvgIpc) is 2.58. The molecule has 0 atom stereocenters. The van der Waals surface area contributed by atoms with E-state index < -0.39 is 0 Å². The third-order valence-corrected chi connectivity index (χ3v) is 2.87. The van der Waals surface area contributed by atoms with Crippen molar-refractivity contribution in [3.05, 3.63) is 29.8 Å². The average molecular weight is 191 g/mol. The number of likely N-dealkylation sites (N-methyl/N-ethyl adjacent to an activating group) is 1. The van der Waals surface area contributed by atoms with Crippen molar-refractivity contribution in [1.29, 1.82) is 0 Å². The molecule has 0 spiro atoms. The molecule has 0 bridgehead atoms. The summed E-state index contributed by atoms with van der Waals surface area (Å²) in [6.45, 7) is 3.60. The Bertz CT molecular complexity index is 307. The molecule has 1 aliphatic heterocycles. The standard InChI is InChI=1S/C12H18N2/c1-13(2)9-10-14-8-7-11-5-3-4-6-12(11)14/h3-6H,7-10H2,1-2H3/p+1. The normalized spacial score (nSPS) is 14.9. The maximum Gasteiger partial charge on any atom is 0.0944 e. The van der Waals surface area contributed by atoms with Crippen LogP contribution >= 0.6 is 0 Å². The van der Waals surface area contributed by atoms with Gasteiger partial charge in [0.25, 0.3) is 0 Å². The zero-order valence-corrected chi connectivity index (χ0v) is 9.09. The summed E-state index contributed by atoms with van der Waals surface area (Å²) in [5.41, 5.74) is 2.97. The molecule has 1 aromatic carbocycles. The zero-order chi connectivity index (χ0) is 9.97. The molecule has 14 heavy (non-hydrogen) atoms. The van der Waals surface area contributed by atoms with E-state index >= 15 is 0 Å². The van der Waals surface area contributed by atoms with Gasteiger partial charge in [0.05, 0.1) is 27.2 Å². The lowest BCUT2D eigenvalue weighted by Crippen LogP contribution is -3.06. The van der Waals surface area contributed by atoms with Gasteiger partial charge in [-0.2, -0.15) is 0 Å². The van der Waals surface area contributed by atoms with E-state index in [1.54, 1.807) is 0 Å². The monoisotopic (exact) mass is 191 g/mol. The number of fused-ring (bicyclic) bond motifs is 1.